The number of hydrogen-bond donors (Lipinski definition) is 0. The maximum atomic E-state index is 6.77. The molecule has 0 unspecified atom stereocenters. The van der Waals surface area contributed by atoms with E-state index in [2.05, 4.69) is 0 Å². The molecule has 0 fully saturated rings. The van der Waals surface area contributed by atoms with Crippen molar-refractivity contribution in [1.82, 2.24) is 0 Å². The van der Waals surface area contributed by atoms with Gasteiger partial charge in [-0.25, -0.2) is 0 Å². The van der Waals surface area contributed by atoms with Crippen molar-refractivity contribution in [3.05, 3.63) is 29.8 Å². The summed E-state index contributed by atoms with van der Waals surface area (Å²) in [4.78, 5) is 0. The fourth-order valence-electron chi connectivity index (χ4n) is 0.634. The van der Waals surface area contributed by atoms with Gasteiger partial charge in [-0.15, -0.1) is 0 Å². The van der Waals surface area contributed by atoms with Gasteiger partial charge in [-0.1, -0.05) is 32.5 Å². The van der Waals surface area contributed by atoms with Crippen LogP contribution in [0.1, 0.15) is 21.8 Å². The molecule has 1 aromatic rings. The van der Waals surface area contributed by atoms with E-state index in [9.17, 15) is 0 Å². The SMILES string of the molecule is C.C.[2H]COc1ccc(C)cc1. The summed E-state index contributed by atoms with van der Waals surface area (Å²) in [7, 11) is -0.0109. The molecule has 0 saturated carbocycles. The van der Waals surface area contributed by atoms with Crippen LogP contribution in [0.25, 0.3) is 0 Å². The average Bonchev–Trinajstić information content (AvgIpc) is 1.95. The summed E-state index contributed by atoms with van der Waals surface area (Å²) >= 11 is 0. The zero-order chi connectivity index (χ0) is 7.40. The van der Waals surface area contributed by atoms with E-state index >= 15 is 0 Å². The molecule has 0 heterocycles. The highest BCUT2D eigenvalue weighted by Gasteiger charge is 1.85. The van der Waals surface area contributed by atoms with Crippen molar-refractivity contribution in [3.63, 3.8) is 0 Å². The predicted molar refractivity (Wildman–Crippen MR) is 51.2 cm³/mol. The maximum Gasteiger partial charge on any atom is 0.118 e. The molecule has 0 aromatic heterocycles. The molecule has 1 rings (SSSR count). The highest BCUT2D eigenvalue weighted by molar-refractivity contribution is 5.25. The van der Waals surface area contributed by atoms with E-state index in [1.54, 1.807) is 0 Å². The normalized spacial score (nSPS) is 8.64. The van der Waals surface area contributed by atoms with Crippen LogP contribution < -0.4 is 4.74 Å². The Balaban J connectivity index is 0. The molecule has 0 amide bonds. The molecule has 0 N–H and O–H groups in total. The Morgan fingerprint density at radius 2 is 1.73 bits per heavy atom. The molecule has 0 aliphatic rings. The number of rotatable bonds is 1. The van der Waals surface area contributed by atoms with Gasteiger partial charge in [0.25, 0.3) is 0 Å². The second-order valence-corrected chi connectivity index (χ2v) is 1.96. The van der Waals surface area contributed by atoms with Gasteiger partial charge >= 0.3 is 0 Å². The summed E-state index contributed by atoms with van der Waals surface area (Å²) in [5.41, 5.74) is 1.21. The lowest BCUT2D eigenvalue weighted by atomic mass is 10.2. The van der Waals surface area contributed by atoms with E-state index in [1.807, 2.05) is 31.2 Å². The van der Waals surface area contributed by atoms with E-state index in [1.165, 1.54) is 5.56 Å². The van der Waals surface area contributed by atoms with Gasteiger partial charge in [0.1, 0.15) is 5.75 Å². The van der Waals surface area contributed by atoms with Crippen LogP contribution in [-0.2, 0) is 0 Å². The summed E-state index contributed by atoms with van der Waals surface area (Å²) in [6.45, 7) is 2.02. The number of benzene rings is 1. The largest absolute Gasteiger partial charge is 0.497 e. The number of methoxy groups -OCH3 is 1. The molecule has 0 bridgehead atoms. The molecular formula is C10H18O. The average molecular weight is 155 g/mol. The van der Waals surface area contributed by atoms with Crippen molar-refractivity contribution >= 4 is 0 Å². The first-order valence-corrected chi connectivity index (χ1v) is 2.81. The molecule has 0 spiro atoms. The first-order valence-electron chi connectivity index (χ1n) is 3.52. The monoisotopic (exact) mass is 155 g/mol. The van der Waals surface area contributed by atoms with E-state index in [4.69, 9.17) is 6.11 Å². The number of hydrogen-bond acceptors (Lipinski definition) is 1. The van der Waals surface area contributed by atoms with Crippen LogP contribution in [0, 0.1) is 6.92 Å². The van der Waals surface area contributed by atoms with Crippen LogP contribution in [0.5, 0.6) is 5.75 Å². The van der Waals surface area contributed by atoms with Crippen LogP contribution >= 0.6 is 0 Å². The van der Waals surface area contributed by atoms with Crippen molar-refractivity contribution in [2.45, 2.75) is 21.8 Å². The Labute approximate surface area is 71.4 Å². The van der Waals surface area contributed by atoms with Gasteiger partial charge in [-0.05, 0) is 19.1 Å². The van der Waals surface area contributed by atoms with E-state index in [0.29, 0.717) is 0 Å². The fraction of sp³-hybridized carbons (Fsp3) is 0.400. The third-order valence-electron chi connectivity index (χ3n) is 1.19. The molecule has 0 atom stereocenters. The van der Waals surface area contributed by atoms with Gasteiger partial charge in [0.15, 0.2) is 0 Å². The number of aryl methyl sites for hydroxylation is 1. The van der Waals surface area contributed by atoms with Crippen LogP contribution in [0.3, 0.4) is 0 Å². The van der Waals surface area contributed by atoms with E-state index in [0.717, 1.165) is 5.75 Å². The summed E-state index contributed by atoms with van der Waals surface area (Å²) in [5.74, 6) is 0.764. The topological polar surface area (TPSA) is 9.23 Å². The van der Waals surface area contributed by atoms with Crippen molar-refractivity contribution in [1.29, 1.82) is 0 Å². The molecule has 0 saturated heterocycles. The predicted octanol–water partition coefficient (Wildman–Crippen LogP) is 3.28. The Hall–Kier alpha value is -0.980. The van der Waals surface area contributed by atoms with E-state index in [-0.39, 0.29) is 21.9 Å². The minimum atomic E-state index is -0.0109. The third-order valence-corrected chi connectivity index (χ3v) is 1.19. The Morgan fingerprint density at radius 1 is 1.18 bits per heavy atom. The van der Waals surface area contributed by atoms with Crippen LogP contribution in [0.4, 0.5) is 0 Å². The Kier molecular flexibility index (Phi) is 5.26. The second kappa shape index (κ2) is 5.78. The maximum absolute atomic E-state index is 6.77. The number of ether oxygens (including phenoxy) is 1. The molecule has 0 aliphatic heterocycles. The summed E-state index contributed by atoms with van der Waals surface area (Å²) in [5, 5.41) is 0. The van der Waals surface area contributed by atoms with Crippen LogP contribution in [0.15, 0.2) is 24.3 Å². The molecular weight excluding hydrogens is 136 g/mol. The highest BCUT2D eigenvalue weighted by atomic mass is 16.5. The lowest BCUT2D eigenvalue weighted by Crippen LogP contribution is -1.80. The van der Waals surface area contributed by atoms with Crippen LogP contribution in [0.2, 0.25) is 0 Å². The van der Waals surface area contributed by atoms with Gasteiger partial charge in [0, 0.05) is 0 Å². The van der Waals surface area contributed by atoms with Crippen molar-refractivity contribution < 1.29 is 6.11 Å². The highest BCUT2D eigenvalue weighted by Crippen LogP contribution is 2.09. The van der Waals surface area contributed by atoms with Gasteiger partial charge in [0.2, 0.25) is 0 Å². The van der Waals surface area contributed by atoms with Gasteiger partial charge in [0.05, 0.1) is 8.46 Å². The standard InChI is InChI=1S/C8H10O.2CH4/c1-7-3-5-8(9-2)6-4-7;;/h3-6H,1-2H3;2*1H4/i2D;;. The lowest BCUT2D eigenvalue weighted by Gasteiger charge is -1.97. The molecule has 1 nitrogen and oxygen atoms in total. The Morgan fingerprint density at radius 3 is 2.18 bits per heavy atom. The van der Waals surface area contributed by atoms with Crippen molar-refractivity contribution in [3.8, 4) is 5.75 Å². The van der Waals surface area contributed by atoms with Crippen molar-refractivity contribution in [2.75, 3.05) is 7.09 Å². The Bertz CT molecular complexity index is 193. The molecule has 0 aliphatic carbocycles. The van der Waals surface area contributed by atoms with Gasteiger partial charge in [-0.2, -0.15) is 0 Å². The quantitative estimate of drug-likeness (QED) is 0.604. The summed E-state index contributed by atoms with van der Waals surface area (Å²) in [6.07, 6.45) is 0. The molecule has 64 valence electrons. The summed E-state index contributed by atoms with van der Waals surface area (Å²) in [6, 6.07) is 7.66. The summed E-state index contributed by atoms with van der Waals surface area (Å²) < 4.78 is 11.7. The molecule has 1 aromatic carbocycles. The minimum absolute atomic E-state index is 0. The van der Waals surface area contributed by atoms with Crippen LogP contribution in [-0.4, -0.2) is 7.09 Å². The zero-order valence-corrected chi connectivity index (χ0v) is 5.42. The molecule has 11 heavy (non-hydrogen) atoms. The minimum Gasteiger partial charge on any atom is -0.497 e. The lowest BCUT2D eigenvalue weighted by molar-refractivity contribution is 0.414. The van der Waals surface area contributed by atoms with Crippen molar-refractivity contribution in [2.24, 2.45) is 0 Å². The molecule has 0 radical (unpaired) electrons. The second-order valence-electron chi connectivity index (χ2n) is 1.96. The fourth-order valence-corrected chi connectivity index (χ4v) is 0.634. The van der Waals surface area contributed by atoms with Gasteiger partial charge < -0.3 is 4.74 Å². The van der Waals surface area contributed by atoms with E-state index < -0.39 is 0 Å². The first-order chi connectivity index (χ1) is 4.83. The zero-order valence-electron chi connectivity index (χ0n) is 6.42. The third kappa shape index (κ3) is 3.66. The smallest absolute Gasteiger partial charge is 0.118 e. The molecule has 1 heteroatoms. The first kappa shape index (κ1) is 10.0. The van der Waals surface area contributed by atoms with Gasteiger partial charge in [-0.3, -0.25) is 0 Å².